The second-order valence-electron chi connectivity index (χ2n) is 4.09. The summed E-state index contributed by atoms with van der Waals surface area (Å²) in [5, 5.41) is 4.20. The van der Waals surface area contributed by atoms with Crippen molar-refractivity contribution in [2.45, 2.75) is 35.3 Å². The number of rotatable bonds is 3. The largest absolute Gasteiger partial charge is 0.312 e. The predicted octanol–water partition coefficient (Wildman–Crippen LogP) is 3.69. The predicted molar refractivity (Wildman–Crippen MR) is 75.4 cm³/mol. The van der Waals surface area contributed by atoms with E-state index in [0.29, 0.717) is 6.04 Å². The summed E-state index contributed by atoms with van der Waals surface area (Å²) < 4.78 is 0. The van der Waals surface area contributed by atoms with Crippen molar-refractivity contribution in [1.82, 2.24) is 5.32 Å². The molecule has 0 saturated heterocycles. The van der Waals surface area contributed by atoms with E-state index in [1.54, 1.807) is 0 Å². The molecule has 1 aliphatic rings. The van der Waals surface area contributed by atoms with Crippen LogP contribution in [0, 0.1) is 0 Å². The van der Waals surface area contributed by atoms with Gasteiger partial charge in [-0.25, -0.2) is 0 Å². The first-order valence-corrected chi connectivity index (χ1v) is 8.03. The summed E-state index contributed by atoms with van der Waals surface area (Å²) in [4.78, 5) is 1.38. The number of fused-ring (bicyclic) bond motifs is 1. The quantitative estimate of drug-likeness (QED) is 0.825. The third kappa shape index (κ3) is 2.27. The Morgan fingerprint density at radius 3 is 2.94 bits per heavy atom. The molecule has 3 heteroatoms. The van der Waals surface area contributed by atoms with Crippen molar-refractivity contribution in [3.63, 3.8) is 0 Å². The van der Waals surface area contributed by atoms with Gasteiger partial charge in [-0.1, -0.05) is 13.0 Å². The molecule has 1 N–H and O–H groups in total. The van der Waals surface area contributed by atoms with Crippen LogP contribution in [-0.4, -0.2) is 18.6 Å². The Balaban J connectivity index is 2.37. The van der Waals surface area contributed by atoms with Gasteiger partial charge in [-0.05, 0) is 43.0 Å². The molecule has 88 valence electrons. The summed E-state index contributed by atoms with van der Waals surface area (Å²) >= 11 is 3.91. The third-order valence-electron chi connectivity index (χ3n) is 3.23. The Bertz CT molecular complexity index is 365. The fourth-order valence-electron chi connectivity index (χ4n) is 2.31. The lowest BCUT2D eigenvalue weighted by atomic mass is 9.97. The van der Waals surface area contributed by atoms with Gasteiger partial charge in [0.25, 0.3) is 0 Å². The Morgan fingerprint density at radius 2 is 2.31 bits per heavy atom. The molecular formula is C13H19NS2. The van der Waals surface area contributed by atoms with Crippen LogP contribution in [0.4, 0.5) is 0 Å². The number of nitrogens with one attached hydrogen (secondary N) is 1. The molecule has 1 aromatic carbocycles. The first-order valence-electron chi connectivity index (χ1n) is 5.75. The molecule has 0 spiro atoms. The molecule has 1 nitrogen and oxygen atoms in total. The minimum Gasteiger partial charge on any atom is -0.312 e. The van der Waals surface area contributed by atoms with Crippen LogP contribution >= 0.6 is 23.5 Å². The fourth-order valence-corrected chi connectivity index (χ4v) is 4.13. The zero-order valence-electron chi connectivity index (χ0n) is 10.1. The summed E-state index contributed by atoms with van der Waals surface area (Å²) in [6.45, 7) is 2.28. The highest BCUT2D eigenvalue weighted by molar-refractivity contribution is 7.99. The lowest BCUT2D eigenvalue weighted by Crippen LogP contribution is -2.30. The second kappa shape index (κ2) is 5.48. The molecule has 1 aromatic rings. The number of thioether (sulfide) groups is 2. The van der Waals surface area contributed by atoms with Gasteiger partial charge in [0.1, 0.15) is 0 Å². The Morgan fingerprint density at radius 1 is 1.50 bits per heavy atom. The molecule has 16 heavy (non-hydrogen) atoms. The molecule has 0 aliphatic carbocycles. The van der Waals surface area contributed by atoms with Crippen molar-refractivity contribution < 1.29 is 0 Å². The minimum atomic E-state index is 0.519. The van der Waals surface area contributed by atoms with Crippen LogP contribution in [0.3, 0.4) is 0 Å². The Kier molecular flexibility index (Phi) is 4.22. The summed E-state index contributed by atoms with van der Waals surface area (Å²) in [6.07, 6.45) is 3.38. The maximum atomic E-state index is 3.48. The van der Waals surface area contributed by atoms with Gasteiger partial charge in [-0.2, -0.15) is 11.8 Å². The van der Waals surface area contributed by atoms with E-state index in [-0.39, 0.29) is 0 Å². The van der Waals surface area contributed by atoms with Crippen molar-refractivity contribution in [1.29, 1.82) is 0 Å². The molecule has 2 unspecified atom stereocenters. The van der Waals surface area contributed by atoms with E-state index in [0.717, 1.165) is 5.25 Å². The molecule has 2 atom stereocenters. The van der Waals surface area contributed by atoms with E-state index >= 15 is 0 Å². The van der Waals surface area contributed by atoms with Crippen molar-refractivity contribution in [3.8, 4) is 0 Å². The molecule has 0 radical (unpaired) electrons. The van der Waals surface area contributed by atoms with E-state index in [4.69, 9.17) is 0 Å². The average Bonchev–Trinajstić information content (AvgIpc) is 2.36. The fraction of sp³-hybridized carbons (Fsp3) is 0.538. The summed E-state index contributed by atoms with van der Waals surface area (Å²) in [7, 11) is 2.08. The standard InChI is InChI=1S/C13H19NS2/c1-4-12-13(14-2)11-7-10(15-3)6-5-9(11)8-16-12/h5-7,12-14H,4,8H2,1-3H3. The molecule has 2 rings (SSSR count). The average molecular weight is 253 g/mol. The van der Waals surface area contributed by atoms with Crippen LogP contribution in [0.25, 0.3) is 0 Å². The number of hydrogen-bond acceptors (Lipinski definition) is 3. The van der Waals surface area contributed by atoms with Crippen LogP contribution in [-0.2, 0) is 5.75 Å². The van der Waals surface area contributed by atoms with Gasteiger partial charge in [0.2, 0.25) is 0 Å². The summed E-state index contributed by atoms with van der Waals surface area (Å²) in [5.74, 6) is 1.17. The third-order valence-corrected chi connectivity index (χ3v) is 5.46. The highest BCUT2D eigenvalue weighted by Gasteiger charge is 2.27. The molecule has 0 aromatic heterocycles. The van der Waals surface area contributed by atoms with E-state index in [9.17, 15) is 0 Å². The van der Waals surface area contributed by atoms with Crippen molar-refractivity contribution in [2.75, 3.05) is 13.3 Å². The van der Waals surface area contributed by atoms with Crippen LogP contribution in [0.5, 0.6) is 0 Å². The topological polar surface area (TPSA) is 12.0 Å². The maximum Gasteiger partial charge on any atom is 0.0441 e. The molecule has 0 saturated carbocycles. The second-order valence-corrected chi connectivity index (χ2v) is 6.20. The van der Waals surface area contributed by atoms with Crippen LogP contribution < -0.4 is 5.32 Å². The van der Waals surface area contributed by atoms with E-state index in [1.165, 1.54) is 28.2 Å². The van der Waals surface area contributed by atoms with Gasteiger partial charge in [-0.3, -0.25) is 0 Å². The van der Waals surface area contributed by atoms with Crippen molar-refractivity contribution in [3.05, 3.63) is 29.3 Å². The van der Waals surface area contributed by atoms with Gasteiger partial charge < -0.3 is 5.32 Å². The van der Waals surface area contributed by atoms with Crippen LogP contribution in [0.15, 0.2) is 23.1 Å². The molecule has 0 bridgehead atoms. The monoisotopic (exact) mass is 253 g/mol. The summed E-state index contributed by atoms with van der Waals surface area (Å²) in [5.41, 5.74) is 3.02. The Labute approximate surface area is 107 Å². The van der Waals surface area contributed by atoms with Crippen LogP contribution in [0.2, 0.25) is 0 Å². The summed E-state index contributed by atoms with van der Waals surface area (Å²) in [6, 6.07) is 7.42. The maximum absolute atomic E-state index is 3.48. The number of benzene rings is 1. The van der Waals surface area contributed by atoms with Crippen LogP contribution in [0.1, 0.15) is 30.5 Å². The van der Waals surface area contributed by atoms with Gasteiger partial charge in [0.15, 0.2) is 0 Å². The molecule has 1 heterocycles. The van der Waals surface area contributed by atoms with Gasteiger partial charge >= 0.3 is 0 Å². The van der Waals surface area contributed by atoms with E-state index in [2.05, 4.69) is 55.5 Å². The minimum absolute atomic E-state index is 0.519. The van der Waals surface area contributed by atoms with Crippen molar-refractivity contribution in [2.24, 2.45) is 0 Å². The van der Waals surface area contributed by atoms with E-state index < -0.39 is 0 Å². The molecular weight excluding hydrogens is 234 g/mol. The smallest absolute Gasteiger partial charge is 0.0441 e. The van der Waals surface area contributed by atoms with Crippen molar-refractivity contribution >= 4 is 23.5 Å². The van der Waals surface area contributed by atoms with Gasteiger partial charge in [-0.15, -0.1) is 11.8 Å². The number of hydrogen-bond donors (Lipinski definition) is 1. The van der Waals surface area contributed by atoms with E-state index in [1.807, 2.05) is 11.8 Å². The first-order chi connectivity index (χ1) is 7.80. The molecule has 0 amide bonds. The van der Waals surface area contributed by atoms with Gasteiger partial charge in [0, 0.05) is 21.9 Å². The Hall–Kier alpha value is -0.120. The zero-order chi connectivity index (χ0) is 11.5. The zero-order valence-corrected chi connectivity index (χ0v) is 11.8. The molecule has 1 aliphatic heterocycles. The lowest BCUT2D eigenvalue weighted by Gasteiger charge is -2.32. The normalized spacial score (nSPS) is 24.2. The lowest BCUT2D eigenvalue weighted by molar-refractivity contribution is 0.545. The first kappa shape index (κ1) is 12.3. The molecule has 0 fully saturated rings. The highest BCUT2D eigenvalue weighted by atomic mass is 32.2. The SMILES string of the molecule is CCC1SCc2ccc(SC)cc2C1NC. The van der Waals surface area contributed by atoms with Gasteiger partial charge in [0.05, 0.1) is 0 Å². The highest BCUT2D eigenvalue weighted by Crippen LogP contribution is 2.40.